The molecule has 1 heterocycles. The van der Waals surface area contributed by atoms with Crippen LogP contribution in [0.15, 0.2) is 0 Å². The van der Waals surface area contributed by atoms with E-state index in [1.54, 1.807) is 0 Å². The van der Waals surface area contributed by atoms with Crippen molar-refractivity contribution in [3.8, 4) is 0 Å². The van der Waals surface area contributed by atoms with Crippen LogP contribution in [0, 0.1) is 0 Å². The summed E-state index contributed by atoms with van der Waals surface area (Å²) in [6.45, 7) is 4.47. The molecule has 3 heteroatoms. The lowest BCUT2D eigenvalue weighted by atomic mass is 10.2. The molecule has 0 spiro atoms. The molecule has 0 bridgehead atoms. The van der Waals surface area contributed by atoms with Crippen molar-refractivity contribution in [3.63, 3.8) is 0 Å². The van der Waals surface area contributed by atoms with Gasteiger partial charge in [-0.3, -0.25) is 9.71 Å². The Kier molecular flexibility index (Phi) is 2.84. The smallest absolute Gasteiger partial charge is 0.113 e. The fraction of sp³-hybridized carbons (Fsp3) is 1.00. The molecule has 0 unspecified atom stereocenters. The lowest BCUT2D eigenvalue weighted by molar-refractivity contribution is 0.0231. The summed E-state index contributed by atoms with van der Waals surface area (Å²) in [5.41, 5.74) is -0.207. The number of hydrogen-bond donors (Lipinski definition) is 1. The highest BCUT2D eigenvalue weighted by Crippen LogP contribution is 2.16. The summed E-state index contributed by atoms with van der Waals surface area (Å²) in [6, 6.07) is 0.348. The highest BCUT2D eigenvalue weighted by atomic mass is 19.1. The SMILES string of the molecule is CC1(C)N[C@@H](CCCF)CO1. The maximum atomic E-state index is 11.8. The van der Waals surface area contributed by atoms with Crippen molar-refractivity contribution in [2.45, 2.75) is 38.5 Å². The Labute approximate surface area is 67.1 Å². The van der Waals surface area contributed by atoms with Gasteiger partial charge >= 0.3 is 0 Å². The summed E-state index contributed by atoms with van der Waals surface area (Å²) >= 11 is 0. The summed E-state index contributed by atoms with van der Waals surface area (Å²) < 4.78 is 17.2. The van der Waals surface area contributed by atoms with Crippen LogP contribution in [0.4, 0.5) is 4.39 Å². The highest BCUT2D eigenvalue weighted by molar-refractivity contribution is 4.81. The molecule has 1 aliphatic heterocycles. The van der Waals surface area contributed by atoms with E-state index in [4.69, 9.17) is 4.74 Å². The van der Waals surface area contributed by atoms with Crippen molar-refractivity contribution in [2.24, 2.45) is 0 Å². The molecule has 1 aliphatic rings. The van der Waals surface area contributed by atoms with Gasteiger partial charge in [-0.1, -0.05) is 0 Å². The molecule has 0 aliphatic carbocycles. The summed E-state index contributed by atoms with van der Waals surface area (Å²) in [5, 5.41) is 3.28. The monoisotopic (exact) mass is 161 g/mol. The van der Waals surface area contributed by atoms with E-state index >= 15 is 0 Å². The molecule has 0 radical (unpaired) electrons. The Morgan fingerprint density at radius 2 is 2.36 bits per heavy atom. The number of hydrogen-bond acceptors (Lipinski definition) is 2. The van der Waals surface area contributed by atoms with E-state index in [9.17, 15) is 4.39 Å². The maximum Gasteiger partial charge on any atom is 0.113 e. The molecular formula is C8H16FNO. The normalized spacial score (nSPS) is 29.2. The van der Waals surface area contributed by atoms with E-state index in [2.05, 4.69) is 5.32 Å². The molecule has 0 aromatic rings. The molecule has 66 valence electrons. The van der Waals surface area contributed by atoms with Gasteiger partial charge in [0.25, 0.3) is 0 Å². The van der Waals surface area contributed by atoms with Crippen LogP contribution < -0.4 is 5.32 Å². The zero-order chi connectivity index (χ0) is 8.32. The number of halogens is 1. The Balaban J connectivity index is 2.20. The van der Waals surface area contributed by atoms with Gasteiger partial charge in [0.1, 0.15) is 5.72 Å². The lowest BCUT2D eigenvalue weighted by Gasteiger charge is -2.17. The summed E-state index contributed by atoms with van der Waals surface area (Å²) in [5.74, 6) is 0. The topological polar surface area (TPSA) is 21.3 Å². The molecule has 0 saturated carbocycles. The largest absolute Gasteiger partial charge is 0.360 e. The average molecular weight is 161 g/mol. The molecular weight excluding hydrogens is 145 g/mol. The minimum Gasteiger partial charge on any atom is -0.360 e. The molecule has 1 saturated heterocycles. The van der Waals surface area contributed by atoms with Crippen molar-refractivity contribution < 1.29 is 9.13 Å². The first kappa shape index (κ1) is 8.94. The average Bonchev–Trinajstić information content (AvgIpc) is 2.26. The van der Waals surface area contributed by atoms with Crippen molar-refractivity contribution in [3.05, 3.63) is 0 Å². The van der Waals surface area contributed by atoms with Crippen molar-refractivity contribution >= 4 is 0 Å². The molecule has 2 nitrogen and oxygen atoms in total. The predicted molar refractivity (Wildman–Crippen MR) is 42.2 cm³/mol. The first-order chi connectivity index (χ1) is 5.14. The Bertz CT molecular complexity index is 127. The van der Waals surface area contributed by atoms with Gasteiger partial charge in [-0.25, -0.2) is 0 Å². The van der Waals surface area contributed by atoms with Gasteiger partial charge in [-0.15, -0.1) is 0 Å². The van der Waals surface area contributed by atoms with E-state index < -0.39 is 0 Å². The lowest BCUT2D eigenvalue weighted by Crippen LogP contribution is -2.38. The van der Waals surface area contributed by atoms with E-state index in [1.165, 1.54) is 0 Å². The molecule has 1 N–H and O–H groups in total. The van der Waals surface area contributed by atoms with Gasteiger partial charge < -0.3 is 4.74 Å². The predicted octanol–water partition coefficient (Wildman–Crippen LogP) is 1.46. The fourth-order valence-corrected chi connectivity index (χ4v) is 1.36. The molecule has 0 aromatic carbocycles. The second-order valence-electron chi connectivity index (χ2n) is 3.49. The number of rotatable bonds is 3. The van der Waals surface area contributed by atoms with E-state index in [-0.39, 0.29) is 12.4 Å². The molecule has 1 fully saturated rings. The van der Waals surface area contributed by atoms with Crippen LogP contribution in [0.25, 0.3) is 0 Å². The quantitative estimate of drug-likeness (QED) is 0.676. The third kappa shape index (κ3) is 2.75. The van der Waals surface area contributed by atoms with Crippen LogP contribution in [-0.4, -0.2) is 25.0 Å². The van der Waals surface area contributed by atoms with E-state index in [1.807, 2.05) is 13.8 Å². The van der Waals surface area contributed by atoms with Crippen LogP contribution >= 0.6 is 0 Å². The molecule has 0 amide bonds. The summed E-state index contributed by atoms with van der Waals surface area (Å²) in [7, 11) is 0. The zero-order valence-corrected chi connectivity index (χ0v) is 7.19. The van der Waals surface area contributed by atoms with Gasteiger partial charge in [-0.2, -0.15) is 0 Å². The Morgan fingerprint density at radius 1 is 1.64 bits per heavy atom. The number of nitrogens with one attached hydrogen (secondary N) is 1. The minimum absolute atomic E-state index is 0.207. The van der Waals surface area contributed by atoms with Crippen LogP contribution in [0.2, 0.25) is 0 Å². The van der Waals surface area contributed by atoms with Gasteiger partial charge in [0, 0.05) is 6.04 Å². The van der Waals surface area contributed by atoms with Crippen molar-refractivity contribution in [1.82, 2.24) is 5.32 Å². The zero-order valence-electron chi connectivity index (χ0n) is 7.19. The fourth-order valence-electron chi connectivity index (χ4n) is 1.36. The van der Waals surface area contributed by atoms with Gasteiger partial charge in [0.05, 0.1) is 13.3 Å². The van der Waals surface area contributed by atoms with Crippen LogP contribution in [-0.2, 0) is 4.74 Å². The second kappa shape index (κ2) is 3.50. The highest BCUT2D eigenvalue weighted by Gasteiger charge is 2.29. The van der Waals surface area contributed by atoms with E-state index in [0.29, 0.717) is 19.1 Å². The van der Waals surface area contributed by atoms with Crippen molar-refractivity contribution in [1.29, 1.82) is 0 Å². The first-order valence-electron chi connectivity index (χ1n) is 4.12. The third-order valence-corrected chi connectivity index (χ3v) is 1.88. The number of ether oxygens (including phenoxy) is 1. The first-order valence-corrected chi connectivity index (χ1v) is 4.12. The molecule has 0 aromatic heterocycles. The van der Waals surface area contributed by atoms with Crippen LogP contribution in [0.1, 0.15) is 26.7 Å². The Hall–Kier alpha value is -0.150. The molecule has 1 atom stereocenters. The molecule has 1 rings (SSSR count). The van der Waals surface area contributed by atoms with Crippen LogP contribution in [0.3, 0.4) is 0 Å². The summed E-state index contributed by atoms with van der Waals surface area (Å²) in [6.07, 6.45) is 1.51. The Morgan fingerprint density at radius 3 is 2.82 bits per heavy atom. The van der Waals surface area contributed by atoms with Gasteiger partial charge in [-0.05, 0) is 26.7 Å². The maximum absolute atomic E-state index is 11.8. The molecule has 11 heavy (non-hydrogen) atoms. The van der Waals surface area contributed by atoms with E-state index in [0.717, 1.165) is 6.42 Å². The standard InChI is InChI=1S/C8H16FNO/c1-8(2)10-7(6-11-8)4-3-5-9/h7,10H,3-6H2,1-2H3/t7-/m0/s1. The van der Waals surface area contributed by atoms with Crippen molar-refractivity contribution in [2.75, 3.05) is 13.3 Å². The van der Waals surface area contributed by atoms with Crippen LogP contribution in [0.5, 0.6) is 0 Å². The third-order valence-electron chi connectivity index (χ3n) is 1.88. The number of alkyl halides is 1. The summed E-state index contributed by atoms with van der Waals surface area (Å²) in [4.78, 5) is 0. The van der Waals surface area contributed by atoms with Gasteiger partial charge in [0.15, 0.2) is 0 Å². The second-order valence-corrected chi connectivity index (χ2v) is 3.49. The minimum atomic E-state index is -0.224. The van der Waals surface area contributed by atoms with Gasteiger partial charge in [0.2, 0.25) is 0 Å².